The van der Waals surface area contributed by atoms with Crippen LogP contribution < -0.4 is 10.2 Å². The smallest absolute Gasteiger partial charge is 0.353 e. The molecule has 1 aromatic carbocycles. The molecule has 1 aromatic heterocycles. The lowest BCUT2D eigenvalue weighted by molar-refractivity contribution is -0.137. The molecule has 1 saturated carbocycles. The van der Waals surface area contributed by atoms with Gasteiger partial charge in [-0.3, -0.25) is 4.79 Å². The predicted molar refractivity (Wildman–Crippen MR) is 140 cm³/mol. The molecule has 2 fully saturated rings. The zero-order valence-corrected chi connectivity index (χ0v) is 22.5. The number of rotatable bonds is 4. The Kier molecular flexibility index (Phi) is 9.46. The third-order valence-corrected chi connectivity index (χ3v) is 7.71. The van der Waals surface area contributed by atoms with Gasteiger partial charge in [0.05, 0.1) is 5.56 Å². The number of pyridine rings is 1. The van der Waals surface area contributed by atoms with Crippen LogP contribution in [0.2, 0.25) is 0 Å². The summed E-state index contributed by atoms with van der Waals surface area (Å²) in [4.78, 5) is 20.8. The van der Waals surface area contributed by atoms with Gasteiger partial charge < -0.3 is 15.1 Å². The molecular weight excluding hydrogens is 515 g/mol. The van der Waals surface area contributed by atoms with Gasteiger partial charge in [-0.1, -0.05) is 20.3 Å². The van der Waals surface area contributed by atoms with Gasteiger partial charge in [-0.05, 0) is 67.9 Å². The molecule has 3 atom stereocenters. The van der Waals surface area contributed by atoms with Crippen LogP contribution in [0.3, 0.4) is 0 Å². The van der Waals surface area contributed by atoms with E-state index in [-0.39, 0.29) is 29.7 Å². The number of hydrogen-bond acceptors (Lipinski definition) is 4. The third-order valence-electron chi connectivity index (χ3n) is 7.71. The minimum atomic E-state index is -4.42. The average Bonchev–Trinajstić information content (AvgIpc) is 3.37. The van der Waals surface area contributed by atoms with E-state index in [9.17, 15) is 26.7 Å². The maximum absolute atomic E-state index is 14.2. The van der Waals surface area contributed by atoms with Gasteiger partial charge >= 0.3 is 6.18 Å². The maximum Gasteiger partial charge on any atom is 0.416 e. The lowest BCUT2D eigenvalue weighted by atomic mass is 9.87. The lowest BCUT2D eigenvalue weighted by Gasteiger charge is -2.36. The summed E-state index contributed by atoms with van der Waals surface area (Å²) in [5, 5.41) is 3.59. The highest BCUT2D eigenvalue weighted by molar-refractivity contribution is 5.79. The van der Waals surface area contributed by atoms with Crippen molar-refractivity contribution >= 4 is 11.7 Å². The molecule has 2 unspecified atom stereocenters. The van der Waals surface area contributed by atoms with Crippen molar-refractivity contribution in [2.24, 2.45) is 5.92 Å². The fourth-order valence-electron chi connectivity index (χ4n) is 5.80. The first kappa shape index (κ1) is 29.2. The Morgan fingerprint density at radius 3 is 2.44 bits per heavy atom. The molecule has 0 radical (unpaired) electrons. The topological polar surface area (TPSA) is 48.5 Å². The van der Waals surface area contributed by atoms with E-state index in [4.69, 9.17) is 0 Å². The van der Waals surface area contributed by atoms with Gasteiger partial charge in [0.15, 0.2) is 0 Å². The molecule has 2 aromatic rings. The standard InChI is InChI=1S/C26H29F5N4O.C3H8/c27-19-11-16-1-3-21(15-22(16)23(28)14-19)33-20-4-2-17(12-20)25(36)35-9-7-34(8-10-35)24-13-18(5-6-32-24)26(29,30)31;1-3-2/h5-6,11,13-14,17,20-21,33H,1-4,7-10,12,15H2;3H2,1-2H3/t17-,20?,21?;/m0./s1. The van der Waals surface area contributed by atoms with Gasteiger partial charge in [0.2, 0.25) is 5.91 Å². The van der Waals surface area contributed by atoms with Crippen molar-refractivity contribution in [1.82, 2.24) is 15.2 Å². The van der Waals surface area contributed by atoms with E-state index in [0.717, 1.165) is 43.0 Å². The van der Waals surface area contributed by atoms with Crippen molar-refractivity contribution in [3.8, 4) is 0 Å². The van der Waals surface area contributed by atoms with Gasteiger partial charge in [-0.25, -0.2) is 13.8 Å². The first-order valence-corrected chi connectivity index (χ1v) is 13.9. The summed E-state index contributed by atoms with van der Waals surface area (Å²) in [5.41, 5.74) is 0.593. The van der Waals surface area contributed by atoms with Crippen LogP contribution in [0.25, 0.3) is 0 Å². The summed E-state index contributed by atoms with van der Waals surface area (Å²) in [6.07, 6.45) is 2.28. The summed E-state index contributed by atoms with van der Waals surface area (Å²) in [6, 6.07) is 4.63. The predicted octanol–water partition coefficient (Wildman–Crippen LogP) is 5.76. The van der Waals surface area contributed by atoms with Gasteiger partial charge in [0.1, 0.15) is 17.5 Å². The van der Waals surface area contributed by atoms with Crippen LogP contribution >= 0.6 is 0 Å². The summed E-state index contributed by atoms with van der Waals surface area (Å²) < 4.78 is 66.8. The molecule has 5 nitrogen and oxygen atoms in total. The van der Waals surface area contributed by atoms with Crippen LogP contribution in [0.5, 0.6) is 0 Å². The zero-order valence-electron chi connectivity index (χ0n) is 22.5. The first-order valence-electron chi connectivity index (χ1n) is 13.9. The molecule has 214 valence electrons. The highest BCUT2D eigenvalue weighted by Crippen LogP contribution is 2.32. The summed E-state index contributed by atoms with van der Waals surface area (Å²) in [5.74, 6) is -0.763. The molecule has 1 amide bonds. The minimum Gasteiger partial charge on any atom is -0.353 e. The molecule has 0 bridgehead atoms. The van der Waals surface area contributed by atoms with E-state index in [1.54, 1.807) is 9.80 Å². The van der Waals surface area contributed by atoms with Gasteiger partial charge in [0, 0.05) is 56.4 Å². The summed E-state index contributed by atoms with van der Waals surface area (Å²) in [6.45, 7) is 6.01. The Balaban J connectivity index is 0.00000112. The number of alkyl halides is 3. The number of anilines is 1. The molecule has 0 spiro atoms. The zero-order chi connectivity index (χ0) is 28.2. The Morgan fingerprint density at radius 2 is 1.74 bits per heavy atom. The van der Waals surface area contributed by atoms with E-state index < -0.39 is 23.4 Å². The van der Waals surface area contributed by atoms with Crippen molar-refractivity contribution in [3.63, 3.8) is 0 Å². The summed E-state index contributed by atoms with van der Waals surface area (Å²) >= 11 is 0. The number of nitrogens with zero attached hydrogens (tertiary/aromatic N) is 3. The molecule has 39 heavy (non-hydrogen) atoms. The number of nitrogens with one attached hydrogen (secondary N) is 1. The largest absolute Gasteiger partial charge is 0.416 e. The molecule has 10 heteroatoms. The van der Waals surface area contributed by atoms with Crippen molar-refractivity contribution < 1.29 is 26.7 Å². The van der Waals surface area contributed by atoms with Crippen LogP contribution in [0, 0.1) is 17.6 Å². The minimum absolute atomic E-state index is 0.0893. The maximum atomic E-state index is 14.2. The molecule has 1 N–H and O–H groups in total. The van der Waals surface area contributed by atoms with E-state index in [0.29, 0.717) is 51.0 Å². The highest BCUT2D eigenvalue weighted by atomic mass is 19.4. The number of fused-ring (bicyclic) bond motifs is 1. The molecule has 2 aliphatic carbocycles. The number of benzene rings is 1. The molecule has 1 aliphatic heterocycles. The SMILES string of the molecule is CCC.O=C([C@H]1CCC(NC2CCc3cc(F)cc(F)c3C2)C1)N1CCN(c2cc(C(F)(F)F)ccn2)CC1. The Bertz CT molecular complexity index is 1130. The lowest BCUT2D eigenvalue weighted by Crippen LogP contribution is -2.50. The van der Waals surface area contributed by atoms with Crippen molar-refractivity contribution in [3.05, 3.63) is 58.8 Å². The quantitative estimate of drug-likeness (QED) is 0.490. The number of halogens is 5. The van der Waals surface area contributed by atoms with Crippen LogP contribution in [0.15, 0.2) is 30.5 Å². The normalized spacial score (nSPS) is 23.2. The Morgan fingerprint density at radius 1 is 1.03 bits per heavy atom. The van der Waals surface area contributed by atoms with E-state index in [2.05, 4.69) is 24.1 Å². The van der Waals surface area contributed by atoms with Crippen molar-refractivity contribution in [2.45, 2.75) is 77.1 Å². The van der Waals surface area contributed by atoms with Crippen LogP contribution in [-0.4, -0.2) is 54.1 Å². The molecule has 3 aliphatic rings. The number of carbonyl (C=O) groups is 1. The van der Waals surface area contributed by atoms with Gasteiger partial charge in [-0.15, -0.1) is 0 Å². The van der Waals surface area contributed by atoms with Crippen molar-refractivity contribution in [2.75, 3.05) is 31.1 Å². The average molecular weight is 553 g/mol. The third kappa shape index (κ3) is 7.26. The fraction of sp³-hybridized carbons (Fsp3) is 0.586. The molecule has 5 rings (SSSR count). The van der Waals surface area contributed by atoms with Crippen LogP contribution in [0.4, 0.5) is 27.8 Å². The fourth-order valence-corrected chi connectivity index (χ4v) is 5.80. The monoisotopic (exact) mass is 552 g/mol. The number of aromatic nitrogens is 1. The van der Waals surface area contributed by atoms with E-state index in [1.807, 2.05) is 0 Å². The number of carbonyl (C=O) groups excluding carboxylic acids is 1. The molecular formula is C29H37F5N4O. The van der Waals surface area contributed by atoms with E-state index >= 15 is 0 Å². The number of hydrogen-bond donors (Lipinski definition) is 1. The van der Waals surface area contributed by atoms with Crippen LogP contribution in [-0.2, 0) is 23.8 Å². The van der Waals surface area contributed by atoms with Crippen molar-refractivity contribution in [1.29, 1.82) is 0 Å². The number of piperazine rings is 1. The number of amides is 1. The van der Waals surface area contributed by atoms with Gasteiger partial charge in [0.25, 0.3) is 0 Å². The highest BCUT2D eigenvalue weighted by Gasteiger charge is 2.36. The summed E-state index contributed by atoms with van der Waals surface area (Å²) in [7, 11) is 0. The van der Waals surface area contributed by atoms with E-state index in [1.165, 1.54) is 18.7 Å². The number of aryl methyl sites for hydroxylation is 1. The van der Waals surface area contributed by atoms with Crippen LogP contribution in [0.1, 0.15) is 62.6 Å². The first-order chi connectivity index (χ1) is 18.6. The second kappa shape index (κ2) is 12.6. The molecule has 1 saturated heterocycles. The van der Waals surface area contributed by atoms with Gasteiger partial charge in [-0.2, -0.15) is 13.2 Å². The Labute approximate surface area is 226 Å². The second-order valence-corrected chi connectivity index (χ2v) is 10.8. The molecule has 2 heterocycles. The Hall–Kier alpha value is -2.75. The second-order valence-electron chi connectivity index (χ2n) is 10.8.